The van der Waals surface area contributed by atoms with E-state index in [0.717, 1.165) is 22.5 Å². The fraction of sp³-hybridized carbons (Fsp3) is 0.321. The second-order valence-electron chi connectivity index (χ2n) is 10.1. The minimum absolute atomic E-state index is 0.0988. The number of halogens is 7. The van der Waals surface area contributed by atoms with Gasteiger partial charge in [-0.1, -0.05) is 11.6 Å². The number of anilines is 4. The molecule has 1 saturated heterocycles. The lowest BCUT2D eigenvalue weighted by Crippen LogP contribution is -2.52. The molecular weight excluding hydrogens is 710 g/mol. The van der Waals surface area contributed by atoms with Crippen LogP contribution >= 0.6 is 11.6 Å². The van der Waals surface area contributed by atoms with E-state index in [0.29, 0.717) is 61.6 Å². The number of aliphatic carboxylic acids is 2. The van der Waals surface area contributed by atoms with Gasteiger partial charge in [0.05, 0.1) is 18.1 Å². The van der Waals surface area contributed by atoms with Crippen molar-refractivity contribution in [3.8, 4) is 5.75 Å². The zero-order chi connectivity index (χ0) is 37.2. The number of carbonyl (C=O) groups is 4. The number of ether oxygens (including phenoxy) is 1. The lowest BCUT2D eigenvalue weighted by molar-refractivity contribution is -0.193. The Balaban J connectivity index is 0.000000408. The molecule has 50 heavy (non-hydrogen) atoms. The van der Waals surface area contributed by atoms with Crippen LogP contribution in [0.25, 0.3) is 0 Å². The molecule has 6 N–H and O–H groups in total. The highest BCUT2D eigenvalue weighted by molar-refractivity contribution is 6.32. The number of fused-ring (bicyclic) bond motifs is 6. The number of pyridine rings is 1. The molecule has 15 nitrogen and oxygen atoms in total. The summed E-state index contributed by atoms with van der Waals surface area (Å²) in [4.78, 5) is 58.1. The largest absolute Gasteiger partial charge is 0.490 e. The van der Waals surface area contributed by atoms with Crippen molar-refractivity contribution in [2.24, 2.45) is 5.73 Å². The van der Waals surface area contributed by atoms with Crippen molar-refractivity contribution in [2.75, 3.05) is 43.4 Å². The first kappa shape index (κ1) is 38.8. The van der Waals surface area contributed by atoms with Crippen LogP contribution in [0.15, 0.2) is 42.9 Å². The summed E-state index contributed by atoms with van der Waals surface area (Å²) in [6.45, 7) is 1.60. The van der Waals surface area contributed by atoms with E-state index in [9.17, 15) is 35.9 Å². The highest BCUT2D eigenvalue weighted by Gasteiger charge is 2.39. The van der Waals surface area contributed by atoms with Crippen LogP contribution in [0.3, 0.4) is 0 Å². The van der Waals surface area contributed by atoms with E-state index in [2.05, 4.69) is 25.6 Å². The van der Waals surface area contributed by atoms with Crippen molar-refractivity contribution in [1.82, 2.24) is 24.8 Å². The number of nitrogens with zero attached hydrogens (tertiary/aromatic N) is 5. The predicted molar refractivity (Wildman–Crippen MR) is 162 cm³/mol. The number of carboxylic acids is 2. The number of urea groups is 1. The van der Waals surface area contributed by atoms with Gasteiger partial charge in [-0.3, -0.25) is 9.78 Å². The molecule has 1 fully saturated rings. The fourth-order valence-electron chi connectivity index (χ4n) is 4.15. The van der Waals surface area contributed by atoms with Crippen LogP contribution in [-0.4, -0.2) is 104 Å². The topological polar surface area (TPSA) is 213 Å². The number of piperazine rings is 1. The molecule has 3 amide bonds. The Kier molecular flexibility index (Phi) is 13.0. The van der Waals surface area contributed by atoms with E-state index >= 15 is 0 Å². The maximum absolute atomic E-state index is 12.7. The normalized spacial score (nSPS) is 13.9. The summed E-state index contributed by atoms with van der Waals surface area (Å²) in [5.41, 5.74) is 8.83. The van der Waals surface area contributed by atoms with E-state index in [1.54, 1.807) is 11.1 Å². The number of carbonyl (C=O) groups excluding carboxylic acids is 2. The number of alkyl halides is 6. The van der Waals surface area contributed by atoms with Gasteiger partial charge in [0.15, 0.2) is 12.4 Å². The van der Waals surface area contributed by atoms with E-state index < -0.39 is 30.3 Å². The third kappa shape index (κ3) is 11.8. The smallest absolute Gasteiger partial charge is 0.483 e. The molecular formula is C28H27ClF6N8O7. The third-order valence-corrected chi connectivity index (χ3v) is 6.86. The maximum atomic E-state index is 12.7. The maximum Gasteiger partial charge on any atom is 0.490 e. The molecule has 270 valence electrons. The Morgan fingerprint density at radius 1 is 0.860 bits per heavy atom. The van der Waals surface area contributed by atoms with E-state index in [1.165, 1.54) is 11.1 Å². The van der Waals surface area contributed by atoms with Gasteiger partial charge < -0.3 is 41.1 Å². The summed E-state index contributed by atoms with van der Waals surface area (Å²) in [5, 5.41) is 21.0. The Hall–Kier alpha value is -5.60. The molecule has 5 rings (SSSR count). The van der Waals surface area contributed by atoms with Gasteiger partial charge >= 0.3 is 30.3 Å². The van der Waals surface area contributed by atoms with Crippen molar-refractivity contribution in [2.45, 2.75) is 25.2 Å². The van der Waals surface area contributed by atoms with Gasteiger partial charge in [0.25, 0.3) is 5.91 Å². The van der Waals surface area contributed by atoms with Crippen LogP contribution in [0.4, 0.5) is 54.3 Å². The SMILES string of the molecule is NC(=O)N1CCN(C(=O)COc2ccc3cc2CCc2cncc(c2)Nc2ncc(Cl)c(n2)N3)CC1.O=C(O)C(F)(F)F.O=C(O)C(F)(F)F. The molecule has 2 aromatic heterocycles. The second kappa shape index (κ2) is 16.7. The van der Waals surface area contributed by atoms with Gasteiger partial charge in [-0.05, 0) is 48.2 Å². The zero-order valence-corrected chi connectivity index (χ0v) is 26.1. The number of rotatable bonds is 3. The summed E-state index contributed by atoms with van der Waals surface area (Å²) in [7, 11) is 0. The summed E-state index contributed by atoms with van der Waals surface area (Å²) >= 11 is 6.33. The number of amides is 3. The molecule has 3 aromatic rings. The standard InChI is InChI=1S/C24H25ClN8O3.2C2HF3O2/c25-19-13-28-24-30-18-9-15(11-27-12-18)1-2-16-10-17(29-22(19)31-24)3-4-20(16)36-14-21(34)32-5-7-33(8-6-32)23(26)35;2*3-2(4,5)1(6)7/h3-4,9-13H,1-2,5-8,14H2,(H2,26,35)(H2,28,29,30,31);2*(H,6,7). The summed E-state index contributed by atoms with van der Waals surface area (Å²) in [5.74, 6) is -4.17. The van der Waals surface area contributed by atoms with Crippen LogP contribution in [0, 0.1) is 0 Å². The van der Waals surface area contributed by atoms with Crippen LogP contribution in [0.1, 0.15) is 11.1 Å². The number of benzene rings is 1. The Labute approximate surface area is 283 Å². The quantitative estimate of drug-likeness (QED) is 0.242. The molecule has 1 aromatic carbocycles. The molecule has 6 bridgehead atoms. The molecule has 22 heteroatoms. The Bertz CT molecular complexity index is 1680. The molecule has 2 aliphatic heterocycles. The Morgan fingerprint density at radius 3 is 2.04 bits per heavy atom. The summed E-state index contributed by atoms with van der Waals surface area (Å²) in [6, 6.07) is 7.17. The van der Waals surface area contributed by atoms with Crippen LogP contribution in [0.2, 0.25) is 5.02 Å². The molecule has 0 unspecified atom stereocenters. The number of aromatic nitrogens is 3. The van der Waals surface area contributed by atoms with E-state index in [4.69, 9.17) is 41.9 Å². The molecule has 2 aliphatic rings. The number of hydrogen-bond acceptors (Lipinski definition) is 10. The fourth-order valence-corrected chi connectivity index (χ4v) is 4.29. The van der Waals surface area contributed by atoms with E-state index in [1.807, 2.05) is 30.5 Å². The van der Waals surface area contributed by atoms with Crippen molar-refractivity contribution in [1.29, 1.82) is 0 Å². The first-order valence-electron chi connectivity index (χ1n) is 14.0. The van der Waals surface area contributed by atoms with Crippen molar-refractivity contribution >= 4 is 58.6 Å². The monoisotopic (exact) mass is 736 g/mol. The lowest BCUT2D eigenvalue weighted by atomic mass is 10.0. The second-order valence-corrected chi connectivity index (χ2v) is 10.6. The Morgan fingerprint density at radius 2 is 1.46 bits per heavy atom. The van der Waals surface area contributed by atoms with Crippen molar-refractivity contribution < 1.29 is 60.5 Å². The van der Waals surface area contributed by atoms with Crippen molar-refractivity contribution in [3.63, 3.8) is 0 Å². The van der Waals surface area contributed by atoms with Gasteiger partial charge in [0.2, 0.25) is 5.95 Å². The van der Waals surface area contributed by atoms with Gasteiger partial charge in [-0.15, -0.1) is 0 Å². The molecule has 0 radical (unpaired) electrons. The number of nitrogens with one attached hydrogen (secondary N) is 2. The molecule has 0 aliphatic carbocycles. The van der Waals surface area contributed by atoms with Gasteiger partial charge in [-0.2, -0.15) is 31.3 Å². The van der Waals surface area contributed by atoms with Crippen LogP contribution < -0.4 is 21.1 Å². The van der Waals surface area contributed by atoms with Crippen LogP contribution in [-0.2, 0) is 27.2 Å². The number of primary amides is 1. The number of hydrogen-bond donors (Lipinski definition) is 5. The first-order valence-corrected chi connectivity index (χ1v) is 14.4. The van der Waals surface area contributed by atoms with Gasteiger partial charge in [-0.25, -0.2) is 19.4 Å². The van der Waals surface area contributed by atoms with Crippen molar-refractivity contribution in [3.05, 3.63) is 59.0 Å². The number of aryl methyl sites for hydroxylation is 2. The zero-order valence-electron chi connectivity index (χ0n) is 25.4. The molecule has 0 atom stereocenters. The highest BCUT2D eigenvalue weighted by atomic mass is 35.5. The van der Waals surface area contributed by atoms with E-state index in [-0.39, 0.29) is 12.5 Å². The number of nitrogens with two attached hydrogens (primary N) is 1. The lowest BCUT2D eigenvalue weighted by Gasteiger charge is -2.33. The molecule has 0 saturated carbocycles. The van der Waals surface area contributed by atoms with Crippen LogP contribution in [0.5, 0.6) is 5.75 Å². The average molecular weight is 737 g/mol. The minimum Gasteiger partial charge on any atom is -0.483 e. The average Bonchev–Trinajstić information content (AvgIpc) is 3.04. The predicted octanol–water partition coefficient (Wildman–Crippen LogP) is 3.98. The first-order chi connectivity index (χ1) is 23.3. The summed E-state index contributed by atoms with van der Waals surface area (Å²) in [6.07, 6.45) is -3.74. The van der Waals surface area contributed by atoms with Gasteiger partial charge in [0, 0.05) is 38.1 Å². The third-order valence-electron chi connectivity index (χ3n) is 6.58. The summed E-state index contributed by atoms with van der Waals surface area (Å²) < 4.78 is 69.4. The molecule has 0 spiro atoms. The number of carboxylic acid groups (broad SMARTS) is 2. The minimum atomic E-state index is -5.08. The highest BCUT2D eigenvalue weighted by Crippen LogP contribution is 2.30. The molecule has 4 heterocycles. The van der Waals surface area contributed by atoms with Gasteiger partial charge in [0.1, 0.15) is 10.8 Å².